The first-order chi connectivity index (χ1) is 14.3. The van der Waals surface area contributed by atoms with Crippen molar-refractivity contribution in [3.05, 3.63) is 35.9 Å². The molecule has 1 unspecified atom stereocenters. The average molecular weight is 404 g/mol. The molecule has 1 aromatic rings. The zero-order valence-corrected chi connectivity index (χ0v) is 17.8. The molecule has 6 heteroatoms. The molecule has 0 radical (unpaired) electrons. The van der Waals surface area contributed by atoms with Crippen LogP contribution in [0.5, 0.6) is 0 Å². The molecule has 3 rings (SSSR count). The van der Waals surface area contributed by atoms with Gasteiger partial charge in [0.2, 0.25) is 0 Å². The number of nitrogens with zero attached hydrogens (tertiary/aromatic N) is 1. The van der Waals surface area contributed by atoms with E-state index in [0.717, 1.165) is 90.7 Å². The Balaban J connectivity index is 1.47. The number of aliphatic imine (C=N–C) groups is 1. The van der Waals surface area contributed by atoms with Crippen LogP contribution >= 0.6 is 0 Å². The van der Waals surface area contributed by atoms with Crippen LogP contribution in [0.15, 0.2) is 35.3 Å². The SMILES string of the molecule is CCNC(=NCC1(c2ccccc2)CCOCC1)NCCCOCC1CCCO1. The summed E-state index contributed by atoms with van der Waals surface area (Å²) in [5.41, 5.74) is 1.43. The van der Waals surface area contributed by atoms with Gasteiger partial charge in [0, 0.05) is 44.9 Å². The summed E-state index contributed by atoms with van der Waals surface area (Å²) in [6.45, 7) is 8.52. The van der Waals surface area contributed by atoms with Crippen LogP contribution in [0.1, 0.15) is 44.6 Å². The fourth-order valence-electron chi connectivity index (χ4n) is 4.04. The Kier molecular flexibility index (Phi) is 9.25. The van der Waals surface area contributed by atoms with Crippen LogP contribution in [0.4, 0.5) is 0 Å². The van der Waals surface area contributed by atoms with Crippen molar-refractivity contribution < 1.29 is 14.2 Å². The first-order valence-electron chi connectivity index (χ1n) is 11.2. The van der Waals surface area contributed by atoms with E-state index >= 15 is 0 Å². The van der Waals surface area contributed by atoms with Crippen molar-refractivity contribution >= 4 is 5.96 Å². The van der Waals surface area contributed by atoms with Gasteiger partial charge in [0.05, 0.1) is 19.3 Å². The Bertz CT molecular complexity index is 597. The molecule has 1 atom stereocenters. The molecule has 2 aliphatic rings. The lowest BCUT2D eigenvalue weighted by Gasteiger charge is -2.36. The Morgan fingerprint density at radius 2 is 2.00 bits per heavy atom. The van der Waals surface area contributed by atoms with Crippen LogP contribution in [0.2, 0.25) is 0 Å². The monoisotopic (exact) mass is 403 g/mol. The lowest BCUT2D eigenvalue weighted by molar-refractivity contribution is 0.0168. The van der Waals surface area contributed by atoms with Crippen molar-refractivity contribution in [1.29, 1.82) is 0 Å². The summed E-state index contributed by atoms with van der Waals surface area (Å²) in [6.07, 6.45) is 5.57. The van der Waals surface area contributed by atoms with Crippen molar-refractivity contribution in [3.8, 4) is 0 Å². The molecule has 29 heavy (non-hydrogen) atoms. The number of hydrogen-bond donors (Lipinski definition) is 2. The van der Waals surface area contributed by atoms with Gasteiger partial charge in [-0.2, -0.15) is 0 Å². The van der Waals surface area contributed by atoms with E-state index in [1.165, 1.54) is 5.56 Å². The van der Waals surface area contributed by atoms with Gasteiger partial charge in [0.25, 0.3) is 0 Å². The van der Waals surface area contributed by atoms with Gasteiger partial charge in [0.1, 0.15) is 0 Å². The fourth-order valence-corrected chi connectivity index (χ4v) is 4.04. The van der Waals surface area contributed by atoms with Crippen molar-refractivity contribution in [2.24, 2.45) is 4.99 Å². The zero-order chi connectivity index (χ0) is 20.2. The molecule has 0 spiro atoms. The third-order valence-electron chi connectivity index (χ3n) is 5.81. The molecule has 0 aliphatic carbocycles. The maximum absolute atomic E-state index is 5.75. The topological polar surface area (TPSA) is 64.1 Å². The minimum absolute atomic E-state index is 0.0618. The third-order valence-corrected chi connectivity index (χ3v) is 5.81. The largest absolute Gasteiger partial charge is 0.381 e. The lowest BCUT2D eigenvalue weighted by atomic mass is 9.74. The average Bonchev–Trinajstić information content (AvgIpc) is 3.29. The molecular weight excluding hydrogens is 366 g/mol. The lowest BCUT2D eigenvalue weighted by Crippen LogP contribution is -2.41. The number of hydrogen-bond acceptors (Lipinski definition) is 4. The molecule has 0 amide bonds. The Hall–Kier alpha value is -1.63. The van der Waals surface area contributed by atoms with Gasteiger partial charge in [-0.15, -0.1) is 0 Å². The highest BCUT2D eigenvalue weighted by Gasteiger charge is 2.34. The number of rotatable bonds is 10. The number of ether oxygens (including phenoxy) is 3. The maximum atomic E-state index is 5.75. The molecule has 0 saturated carbocycles. The summed E-state index contributed by atoms with van der Waals surface area (Å²) in [5, 5.41) is 6.83. The van der Waals surface area contributed by atoms with Crippen molar-refractivity contribution in [2.45, 2.75) is 50.5 Å². The van der Waals surface area contributed by atoms with Gasteiger partial charge < -0.3 is 24.8 Å². The molecule has 2 aliphatic heterocycles. The Morgan fingerprint density at radius 1 is 1.17 bits per heavy atom. The van der Waals surface area contributed by atoms with Gasteiger partial charge in [-0.05, 0) is 44.6 Å². The van der Waals surface area contributed by atoms with Gasteiger partial charge in [0.15, 0.2) is 5.96 Å². The summed E-state index contributed by atoms with van der Waals surface area (Å²) >= 11 is 0. The summed E-state index contributed by atoms with van der Waals surface area (Å²) in [4.78, 5) is 4.94. The molecule has 162 valence electrons. The normalized spacial score (nSPS) is 21.8. The summed E-state index contributed by atoms with van der Waals surface area (Å²) in [6, 6.07) is 10.8. The van der Waals surface area contributed by atoms with E-state index in [-0.39, 0.29) is 5.41 Å². The standard InChI is InChI=1S/C23H37N3O3/c1-2-24-22(25-13-7-14-28-18-21-10-6-15-29-21)26-19-23(11-16-27-17-12-23)20-8-4-3-5-9-20/h3-5,8-9,21H,2,6-7,10-19H2,1H3,(H2,24,25,26). The summed E-state index contributed by atoms with van der Waals surface area (Å²) in [7, 11) is 0. The first kappa shape index (κ1) is 22.1. The maximum Gasteiger partial charge on any atom is 0.191 e. The van der Waals surface area contributed by atoms with Gasteiger partial charge in [-0.25, -0.2) is 0 Å². The van der Waals surface area contributed by atoms with Gasteiger partial charge >= 0.3 is 0 Å². The molecule has 0 aromatic heterocycles. The highest BCUT2D eigenvalue weighted by atomic mass is 16.5. The van der Waals surface area contributed by atoms with E-state index in [1.807, 2.05) is 0 Å². The van der Waals surface area contributed by atoms with Crippen LogP contribution in [0.25, 0.3) is 0 Å². The van der Waals surface area contributed by atoms with E-state index in [2.05, 4.69) is 47.9 Å². The predicted octanol–water partition coefficient (Wildman–Crippen LogP) is 2.88. The van der Waals surface area contributed by atoms with Crippen LogP contribution < -0.4 is 10.6 Å². The van der Waals surface area contributed by atoms with Crippen LogP contribution in [0, 0.1) is 0 Å². The van der Waals surface area contributed by atoms with E-state index < -0.39 is 0 Å². The minimum Gasteiger partial charge on any atom is -0.381 e. The molecule has 6 nitrogen and oxygen atoms in total. The van der Waals surface area contributed by atoms with Gasteiger partial charge in [-0.1, -0.05) is 30.3 Å². The minimum atomic E-state index is 0.0618. The predicted molar refractivity (Wildman–Crippen MR) is 117 cm³/mol. The second-order valence-electron chi connectivity index (χ2n) is 7.94. The van der Waals surface area contributed by atoms with E-state index in [1.54, 1.807) is 0 Å². The highest BCUT2D eigenvalue weighted by Crippen LogP contribution is 2.35. The van der Waals surface area contributed by atoms with E-state index in [0.29, 0.717) is 6.10 Å². The molecule has 2 heterocycles. The molecule has 2 saturated heterocycles. The molecule has 2 N–H and O–H groups in total. The van der Waals surface area contributed by atoms with Crippen molar-refractivity contribution in [2.75, 3.05) is 52.7 Å². The summed E-state index contributed by atoms with van der Waals surface area (Å²) in [5.74, 6) is 0.883. The second kappa shape index (κ2) is 12.2. The van der Waals surface area contributed by atoms with Crippen LogP contribution in [-0.2, 0) is 19.6 Å². The highest BCUT2D eigenvalue weighted by molar-refractivity contribution is 5.79. The van der Waals surface area contributed by atoms with E-state index in [4.69, 9.17) is 19.2 Å². The quantitative estimate of drug-likeness (QED) is 0.357. The molecule has 1 aromatic carbocycles. The smallest absolute Gasteiger partial charge is 0.191 e. The van der Waals surface area contributed by atoms with Crippen molar-refractivity contribution in [3.63, 3.8) is 0 Å². The third kappa shape index (κ3) is 6.98. The fraction of sp³-hybridized carbons (Fsp3) is 0.696. The number of nitrogens with one attached hydrogen (secondary N) is 2. The van der Waals surface area contributed by atoms with E-state index in [9.17, 15) is 0 Å². The summed E-state index contributed by atoms with van der Waals surface area (Å²) < 4.78 is 17.0. The van der Waals surface area contributed by atoms with Crippen LogP contribution in [0.3, 0.4) is 0 Å². The van der Waals surface area contributed by atoms with Crippen LogP contribution in [-0.4, -0.2) is 64.7 Å². The Morgan fingerprint density at radius 3 is 2.72 bits per heavy atom. The number of benzene rings is 1. The molecular formula is C23H37N3O3. The zero-order valence-electron chi connectivity index (χ0n) is 17.8. The second-order valence-corrected chi connectivity index (χ2v) is 7.94. The Labute approximate surface area is 175 Å². The van der Waals surface area contributed by atoms with Gasteiger partial charge in [-0.3, -0.25) is 4.99 Å². The first-order valence-corrected chi connectivity index (χ1v) is 11.2. The number of guanidine groups is 1. The van der Waals surface area contributed by atoms with Crippen molar-refractivity contribution in [1.82, 2.24) is 10.6 Å². The molecule has 0 bridgehead atoms. The molecule has 2 fully saturated rings.